The average molecular weight is 196 g/mol. The summed E-state index contributed by atoms with van der Waals surface area (Å²) in [4.78, 5) is 2.66. The Balaban J connectivity index is 1.90. The Labute approximate surface area is 87.8 Å². The molecule has 0 amide bonds. The first-order valence-electron chi connectivity index (χ1n) is 6.16. The van der Waals surface area contributed by atoms with E-state index in [-0.39, 0.29) is 0 Å². The van der Waals surface area contributed by atoms with Crippen LogP contribution in [0.2, 0.25) is 0 Å². The summed E-state index contributed by atoms with van der Waals surface area (Å²) in [6.07, 6.45) is 4.20. The quantitative estimate of drug-likeness (QED) is 0.744. The lowest BCUT2D eigenvalue weighted by molar-refractivity contribution is 0.0885. The molecule has 14 heavy (non-hydrogen) atoms. The highest BCUT2D eigenvalue weighted by molar-refractivity contribution is 4.91. The molecular formula is C12H24N2. The van der Waals surface area contributed by atoms with Gasteiger partial charge in [0.1, 0.15) is 0 Å². The molecule has 0 spiro atoms. The Hall–Kier alpha value is -0.0800. The van der Waals surface area contributed by atoms with Crippen LogP contribution in [0.5, 0.6) is 0 Å². The lowest BCUT2D eigenvalue weighted by atomic mass is 9.87. The molecule has 0 radical (unpaired) electrons. The minimum Gasteiger partial charge on any atom is -0.329 e. The van der Waals surface area contributed by atoms with Crippen molar-refractivity contribution in [1.82, 2.24) is 4.90 Å². The van der Waals surface area contributed by atoms with E-state index in [2.05, 4.69) is 18.7 Å². The highest BCUT2D eigenvalue weighted by atomic mass is 15.2. The van der Waals surface area contributed by atoms with Crippen LogP contribution in [0.25, 0.3) is 0 Å². The number of rotatable bonds is 3. The smallest absolute Gasteiger partial charge is 0.0246 e. The van der Waals surface area contributed by atoms with Crippen molar-refractivity contribution < 1.29 is 0 Å². The SMILES string of the molecule is CC1CCN(C(CN)C2CC2)CC1C. The molecular weight excluding hydrogens is 172 g/mol. The Morgan fingerprint density at radius 1 is 1.21 bits per heavy atom. The fraction of sp³-hybridized carbons (Fsp3) is 1.00. The summed E-state index contributed by atoms with van der Waals surface area (Å²) in [6, 6.07) is 0.699. The van der Waals surface area contributed by atoms with Crippen LogP contribution in [0.1, 0.15) is 33.1 Å². The van der Waals surface area contributed by atoms with Crippen LogP contribution < -0.4 is 5.73 Å². The highest BCUT2D eigenvalue weighted by Gasteiger charge is 2.36. The van der Waals surface area contributed by atoms with Gasteiger partial charge in [0.2, 0.25) is 0 Å². The summed E-state index contributed by atoms with van der Waals surface area (Å²) in [6.45, 7) is 8.20. The summed E-state index contributed by atoms with van der Waals surface area (Å²) in [5.74, 6) is 2.70. The van der Waals surface area contributed by atoms with Gasteiger partial charge in [-0.2, -0.15) is 0 Å². The first kappa shape index (κ1) is 10.4. The van der Waals surface area contributed by atoms with Crippen LogP contribution in [0.4, 0.5) is 0 Å². The minimum atomic E-state index is 0.699. The van der Waals surface area contributed by atoms with Gasteiger partial charge in [-0.1, -0.05) is 13.8 Å². The molecule has 0 aromatic rings. The largest absolute Gasteiger partial charge is 0.329 e. The Morgan fingerprint density at radius 3 is 2.43 bits per heavy atom. The predicted molar refractivity (Wildman–Crippen MR) is 60.1 cm³/mol. The van der Waals surface area contributed by atoms with Gasteiger partial charge in [-0.3, -0.25) is 4.90 Å². The zero-order chi connectivity index (χ0) is 10.1. The molecule has 0 bridgehead atoms. The van der Waals surface area contributed by atoms with Crippen molar-refractivity contribution in [2.45, 2.75) is 39.2 Å². The zero-order valence-electron chi connectivity index (χ0n) is 9.58. The summed E-state index contributed by atoms with van der Waals surface area (Å²) in [7, 11) is 0. The van der Waals surface area contributed by atoms with Gasteiger partial charge in [0.05, 0.1) is 0 Å². The average Bonchev–Trinajstić information content (AvgIpc) is 2.96. The van der Waals surface area contributed by atoms with Crippen molar-refractivity contribution in [1.29, 1.82) is 0 Å². The maximum atomic E-state index is 5.88. The normalized spacial score (nSPS) is 37.1. The van der Waals surface area contributed by atoms with Crippen molar-refractivity contribution in [3.8, 4) is 0 Å². The summed E-state index contributed by atoms with van der Waals surface area (Å²) in [5, 5.41) is 0. The third-order valence-electron chi connectivity index (χ3n) is 4.24. The van der Waals surface area contributed by atoms with E-state index in [1.165, 1.54) is 32.4 Å². The van der Waals surface area contributed by atoms with Crippen molar-refractivity contribution >= 4 is 0 Å². The maximum Gasteiger partial charge on any atom is 0.0246 e. The second kappa shape index (κ2) is 4.19. The lowest BCUT2D eigenvalue weighted by Gasteiger charge is -2.40. The van der Waals surface area contributed by atoms with Gasteiger partial charge < -0.3 is 5.73 Å². The summed E-state index contributed by atoms with van der Waals surface area (Å²) >= 11 is 0. The summed E-state index contributed by atoms with van der Waals surface area (Å²) in [5.41, 5.74) is 5.88. The third kappa shape index (κ3) is 2.12. The first-order chi connectivity index (χ1) is 6.72. The number of nitrogens with two attached hydrogens (primary N) is 1. The molecule has 2 heteroatoms. The fourth-order valence-corrected chi connectivity index (χ4v) is 2.72. The molecule has 2 nitrogen and oxygen atoms in total. The van der Waals surface area contributed by atoms with E-state index in [9.17, 15) is 0 Å². The van der Waals surface area contributed by atoms with Crippen LogP contribution in [0, 0.1) is 17.8 Å². The van der Waals surface area contributed by atoms with Gasteiger partial charge in [0, 0.05) is 19.1 Å². The molecule has 1 saturated carbocycles. The van der Waals surface area contributed by atoms with Crippen molar-refractivity contribution in [3.63, 3.8) is 0 Å². The standard InChI is InChI=1S/C12H24N2/c1-9-5-6-14(8-10(9)2)12(7-13)11-3-4-11/h9-12H,3-8,13H2,1-2H3. The Bertz CT molecular complexity index is 189. The monoisotopic (exact) mass is 196 g/mol. The molecule has 1 saturated heterocycles. The van der Waals surface area contributed by atoms with Gasteiger partial charge in [-0.05, 0) is 43.6 Å². The minimum absolute atomic E-state index is 0.699. The Morgan fingerprint density at radius 2 is 1.93 bits per heavy atom. The number of hydrogen-bond acceptors (Lipinski definition) is 2. The highest BCUT2D eigenvalue weighted by Crippen LogP contribution is 2.37. The van der Waals surface area contributed by atoms with E-state index in [1.807, 2.05) is 0 Å². The second-order valence-electron chi connectivity index (χ2n) is 5.38. The molecule has 0 aromatic carbocycles. The van der Waals surface area contributed by atoms with Gasteiger partial charge in [0.25, 0.3) is 0 Å². The van der Waals surface area contributed by atoms with Crippen molar-refractivity contribution in [2.24, 2.45) is 23.5 Å². The molecule has 82 valence electrons. The zero-order valence-corrected chi connectivity index (χ0v) is 9.58. The molecule has 3 unspecified atom stereocenters. The van der Waals surface area contributed by atoms with Crippen LogP contribution in [-0.2, 0) is 0 Å². The predicted octanol–water partition coefficient (Wildman–Crippen LogP) is 1.70. The van der Waals surface area contributed by atoms with Crippen LogP contribution in [0.3, 0.4) is 0 Å². The molecule has 2 rings (SSSR count). The fourth-order valence-electron chi connectivity index (χ4n) is 2.72. The van der Waals surface area contributed by atoms with Crippen molar-refractivity contribution in [2.75, 3.05) is 19.6 Å². The number of nitrogens with zero attached hydrogens (tertiary/aromatic N) is 1. The van der Waals surface area contributed by atoms with Crippen LogP contribution in [0.15, 0.2) is 0 Å². The number of hydrogen-bond donors (Lipinski definition) is 1. The topological polar surface area (TPSA) is 29.3 Å². The van der Waals surface area contributed by atoms with Crippen LogP contribution in [-0.4, -0.2) is 30.6 Å². The van der Waals surface area contributed by atoms with Gasteiger partial charge in [-0.15, -0.1) is 0 Å². The van der Waals surface area contributed by atoms with Gasteiger partial charge in [0.15, 0.2) is 0 Å². The lowest BCUT2D eigenvalue weighted by Crippen LogP contribution is -2.48. The van der Waals surface area contributed by atoms with E-state index in [0.717, 1.165) is 24.3 Å². The van der Waals surface area contributed by atoms with Gasteiger partial charge >= 0.3 is 0 Å². The molecule has 2 aliphatic rings. The molecule has 1 aliphatic carbocycles. The molecule has 1 aliphatic heterocycles. The maximum absolute atomic E-state index is 5.88. The van der Waals surface area contributed by atoms with Crippen LogP contribution >= 0.6 is 0 Å². The molecule has 2 N–H and O–H groups in total. The first-order valence-corrected chi connectivity index (χ1v) is 6.16. The molecule has 2 fully saturated rings. The third-order valence-corrected chi connectivity index (χ3v) is 4.24. The second-order valence-corrected chi connectivity index (χ2v) is 5.38. The summed E-state index contributed by atoms with van der Waals surface area (Å²) < 4.78 is 0. The molecule has 1 heterocycles. The van der Waals surface area contributed by atoms with E-state index in [0.29, 0.717) is 6.04 Å². The van der Waals surface area contributed by atoms with E-state index in [1.54, 1.807) is 0 Å². The van der Waals surface area contributed by atoms with E-state index < -0.39 is 0 Å². The van der Waals surface area contributed by atoms with Crippen molar-refractivity contribution in [3.05, 3.63) is 0 Å². The molecule has 0 aromatic heterocycles. The number of likely N-dealkylation sites (tertiary alicyclic amines) is 1. The number of piperidine rings is 1. The molecule has 3 atom stereocenters. The van der Waals surface area contributed by atoms with Gasteiger partial charge in [-0.25, -0.2) is 0 Å². The Kier molecular flexibility index (Phi) is 3.13. The van der Waals surface area contributed by atoms with E-state index in [4.69, 9.17) is 5.73 Å². The van der Waals surface area contributed by atoms with E-state index >= 15 is 0 Å².